The van der Waals surface area contributed by atoms with Crippen molar-refractivity contribution < 1.29 is 4.42 Å². The van der Waals surface area contributed by atoms with Gasteiger partial charge in [-0.2, -0.15) is 9.97 Å². The van der Waals surface area contributed by atoms with Crippen molar-refractivity contribution >= 4 is 5.95 Å². The van der Waals surface area contributed by atoms with Crippen molar-refractivity contribution in [3.05, 3.63) is 40.5 Å². The van der Waals surface area contributed by atoms with Gasteiger partial charge in [0.25, 0.3) is 0 Å². The third kappa shape index (κ3) is 2.43. The second-order valence-electron chi connectivity index (χ2n) is 3.04. The summed E-state index contributed by atoms with van der Waals surface area (Å²) >= 11 is 0. The molecule has 0 unspecified atom stereocenters. The molecule has 2 aromatic heterocycles. The van der Waals surface area contributed by atoms with Crippen LogP contribution in [0.3, 0.4) is 0 Å². The minimum atomic E-state index is -0.475. The zero-order valence-electron chi connectivity index (χ0n) is 7.93. The number of aromatic amines is 1. The second kappa shape index (κ2) is 3.95. The van der Waals surface area contributed by atoms with Crippen LogP contribution < -0.4 is 11.4 Å². The van der Waals surface area contributed by atoms with Gasteiger partial charge in [0.15, 0.2) is 0 Å². The Hall–Kier alpha value is -2.11. The molecule has 78 valence electrons. The number of nitrogens with zero attached hydrogens (tertiary/aromatic N) is 2. The highest BCUT2D eigenvalue weighted by atomic mass is 16.3. The molecule has 0 fully saturated rings. The van der Waals surface area contributed by atoms with E-state index in [-0.39, 0.29) is 5.95 Å². The van der Waals surface area contributed by atoms with Gasteiger partial charge in [0.1, 0.15) is 11.6 Å². The summed E-state index contributed by atoms with van der Waals surface area (Å²) in [5.74, 6) is 1.35. The summed E-state index contributed by atoms with van der Waals surface area (Å²) < 4.78 is 5.15. The number of hydrogen-bond donors (Lipinski definition) is 2. The summed E-state index contributed by atoms with van der Waals surface area (Å²) in [4.78, 5) is 20.8. The molecular weight excluding hydrogens is 196 g/mol. The Morgan fingerprint density at radius 1 is 1.40 bits per heavy atom. The van der Waals surface area contributed by atoms with Crippen LogP contribution in [0.15, 0.2) is 27.6 Å². The SMILES string of the molecule is Nc1nc(CCc2ccco2)[nH]c(=O)n1. The number of H-pyrrole nitrogens is 1. The van der Waals surface area contributed by atoms with E-state index in [4.69, 9.17) is 10.2 Å². The minimum absolute atomic E-state index is 0.00630. The molecule has 2 rings (SSSR count). The number of aryl methyl sites for hydroxylation is 2. The fourth-order valence-corrected chi connectivity index (χ4v) is 1.26. The maximum absolute atomic E-state index is 11.0. The average Bonchev–Trinajstić information content (AvgIpc) is 2.65. The molecule has 0 aliphatic rings. The highest BCUT2D eigenvalue weighted by Crippen LogP contribution is 2.03. The minimum Gasteiger partial charge on any atom is -0.469 e. The molecule has 3 N–H and O–H groups in total. The van der Waals surface area contributed by atoms with Crippen molar-refractivity contribution in [2.75, 3.05) is 5.73 Å². The molecule has 6 heteroatoms. The molecule has 0 amide bonds. The van der Waals surface area contributed by atoms with Gasteiger partial charge in [-0.3, -0.25) is 4.98 Å². The van der Waals surface area contributed by atoms with Crippen LogP contribution in [0.4, 0.5) is 5.95 Å². The van der Waals surface area contributed by atoms with Gasteiger partial charge in [-0.15, -0.1) is 0 Å². The molecule has 0 spiro atoms. The van der Waals surface area contributed by atoms with Crippen molar-refractivity contribution in [3.8, 4) is 0 Å². The first-order valence-electron chi connectivity index (χ1n) is 4.49. The van der Waals surface area contributed by atoms with Crippen molar-refractivity contribution in [2.24, 2.45) is 0 Å². The number of nitrogens with one attached hydrogen (secondary N) is 1. The molecule has 0 saturated carbocycles. The van der Waals surface area contributed by atoms with Crippen LogP contribution in [0, 0.1) is 0 Å². The maximum Gasteiger partial charge on any atom is 0.349 e. The Kier molecular flexibility index (Phi) is 2.49. The largest absolute Gasteiger partial charge is 0.469 e. The van der Waals surface area contributed by atoms with Crippen molar-refractivity contribution in [1.82, 2.24) is 15.0 Å². The van der Waals surface area contributed by atoms with Gasteiger partial charge in [-0.05, 0) is 12.1 Å². The molecule has 0 aliphatic heterocycles. The van der Waals surface area contributed by atoms with E-state index >= 15 is 0 Å². The van der Waals surface area contributed by atoms with E-state index in [2.05, 4.69) is 15.0 Å². The lowest BCUT2D eigenvalue weighted by atomic mass is 10.2. The number of furan rings is 1. The first-order valence-corrected chi connectivity index (χ1v) is 4.49. The third-order valence-corrected chi connectivity index (χ3v) is 1.91. The van der Waals surface area contributed by atoms with Crippen LogP contribution in [-0.2, 0) is 12.8 Å². The zero-order chi connectivity index (χ0) is 10.7. The van der Waals surface area contributed by atoms with Crippen LogP contribution in [-0.4, -0.2) is 15.0 Å². The maximum atomic E-state index is 11.0. The molecule has 0 saturated heterocycles. The summed E-state index contributed by atoms with van der Waals surface area (Å²) in [5, 5.41) is 0. The summed E-state index contributed by atoms with van der Waals surface area (Å²) in [6, 6.07) is 3.68. The van der Waals surface area contributed by atoms with Crippen molar-refractivity contribution in [2.45, 2.75) is 12.8 Å². The van der Waals surface area contributed by atoms with Crippen molar-refractivity contribution in [1.29, 1.82) is 0 Å². The summed E-state index contributed by atoms with van der Waals surface area (Å²) in [6.45, 7) is 0. The molecular formula is C9H10N4O2. The Bertz CT molecular complexity index is 489. The summed E-state index contributed by atoms with van der Waals surface area (Å²) in [5.41, 5.74) is 4.87. The van der Waals surface area contributed by atoms with Crippen LogP contribution in [0.25, 0.3) is 0 Å². The smallest absolute Gasteiger partial charge is 0.349 e. The Morgan fingerprint density at radius 2 is 2.27 bits per heavy atom. The van der Waals surface area contributed by atoms with E-state index in [9.17, 15) is 4.79 Å². The van der Waals surface area contributed by atoms with Gasteiger partial charge < -0.3 is 10.2 Å². The van der Waals surface area contributed by atoms with E-state index in [1.165, 1.54) is 0 Å². The van der Waals surface area contributed by atoms with Gasteiger partial charge in [-0.1, -0.05) is 0 Å². The van der Waals surface area contributed by atoms with Gasteiger partial charge in [-0.25, -0.2) is 4.79 Å². The number of nitrogens with two attached hydrogens (primary N) is 1. The third-order valence-electron chi connectivity index (χ3n) is 1.91. The first-order chi connectivity index (χ1) is 7.24. The highest BCUT2D eigenvalue weighted by Gasteiger charge is 2.02. The normalized spacial score (nSPS) is 10.4. The van der Waals surface area contributed by atoms with E-state index in [1.807, 2.05) is 12.1 Å². The Labute approximate surface area is 85.2 Å². The molecule has 15 heavy (non-hydrogen) atoms. The second-order valence-corrected chi connectivity index (χ2v) is 3.04. The fourth-order valence-electron chi connectivity index (χ4n) is 1.26. The summed E-state index contributed by atoms with van der Waals surface area (Å²) in [7, 11) is 0. The molecule has 0 bridgehead atoms. The molecule has 0 aliphatic carbocycles. The topological polar surface area (TPSA) is 97.8 Å². The summed E-state index contributed by atoms with van der Waals surface area (Å²) in [6.07, 6.45) is 2.83. The molecule has 6 nitrogen and oxygen atoms in total. The van der Waals surface area contributed by atoms with Gasteiger partial charge >= 0.3 is 5.69 Å². The van der Waals surface area contributed by atoms with Crippen LogP contribution >= 0.6 is 0 Å². The standard InChI is InChI=1S/C9H10N4O2/c10-8-11-7(12-9(14)13-8)4-3-6-2-1-5-15-6/h1-2,5H,3-4H2,(H3,10,11,12,13,14). The fraction of sp³-hybridized carbons (Fsp3) is 0.222. The predicted octanol–water partition coefficient (Wildman–Crippen LogP) is 0.125. The van der Waals surface area contributed by atoms with Crippen LogP contribution in [0.1, 0.15) is 11.6 Å². The quantitative estimate of drug-likeness (QED) is 0.743. The lowest BCUT2D eigenvalue weighted by Gasteiger charge is -1.98. The van der Waals surface area contributed by atoms with Gasteiger partial charge in [0.05, 0.1) is 6.26 Å². The molecule has 2 heterocycles. The number of nitrogen functional groups attached to an aromatic ring is 1. The zero-order valence-corrected chi connectivity index (χ0v) is 7.93. The number of hydrogen-bond acceptors (Lipinski definition) is 5. The van der Waals surface area contributed by atoms with Crippen LogP contribution in [0.2, 0.25) is 0 Å². The lowest BCUT2D eigenvalue weighted by Crippen LogP contribution is -2.17. The van der Waals surface area contributed by atoms with E-state index in [0.29, 0.717) is 18.7 Å². The first kappa shape index (κ1) is 9.45. The molecule has 2 aromatic rings. The highest BCUT2D eigenvalue weighted by molar-refractivity contribution is 5.13. The Balaban J connectivity index is 2.08. The molecule has 0 aromatic carbocycles. The van der Waals surface area contributed by atoms with Gasteiger partial charge in [0.2, 0.25) is 5.95 Å². The van der Waals surface area contributed by atoms with E-state index in [1.54, 1.807) is 6.26 Å². The number of aromatic nitrogens is 3. The number of anilines is 1. The van der Waals surface area contributed by atoms with Crippen LogP contribution in [0.5, 0.6) is 0 Å². The van der Waals surface area contributed by atoms with E-state index in [0.717, 1.165) is 5.76 Å². The van der Waals surface area contributed by atoms with Gasteiger partial charge in [0, 0.05) is 12.8 Å². The predicted molar refractivity (Wildman–Crippen MR) is 53.2 cm³/mol. The molecule has 0 radical (unpaired) electrons. The van der Waals surface area contributed by atoms with Crippen molar-refractivity contribution in [3.63, 3.8) is 0 Å². The molecule has 0 atom stereocenters. The average molecular weight is 206 g/mol. The Morgan fingerprint density at radius 3 is 2.93 bits per heavy atom. The van der Waals surface area contributed by atoms with E-state index < -0.39 is 5.69 Å². The number of rotatable bonds is 3. The monoisotopic (exact) mass is 206 g/mol. The lowest BCUT2D eigenvalue weighted by molar-refractivity contribution is 0.506.